The molecule has 5 nitrogen and oxygen atoms in total. The monoisotopic (exact) mass is 311 g/mol. The van der Waals surface area contributed by atoms with Gasteiger partial charge in [-0.25, -0.2) is 0 Å². The largest absolute Gasteiger partial charge is 0.378 e. The van der Waals surface area contributed by atoms with Gasteiger partial charge in [0.2, 0.25) is 5.91 Å². The fourth-order valence-corrected chi connectivity index (χ4v) is 3.78. The minimum atomic E-state index is -0.267. The third kappa shape index (κ3) is 3.83. The van der Waals surface area contributed by atoms with Crippen molar-refractivity contribution in [2.75, 3.05) is 26.3 Å². The molecule has 2 atom stereocenters. The lowest BCUT2D eigenvalue weighted by Crippen LogP contribution is -2.56. The highest BCUT2D eigenvalue weighted by Crippen LogP contribution is 2.30. The highest BCUT2D eigenvalue weighted by atomic mass is 32.1. The van der Waals surface area contributed by atoms with Crippen LogP contribution in [0.1, 0.15) is 30.3 Å². The highest BCUT2D eigenvalue weighted by molar-refractivity contribution is 7.10. The van der Waals surface area contributed by atoms with Crippen LogP contribution in [0.4, 0.5) is 0 Å². The summed E-state index contributed by atoms with van der Waals surface area (Å²) in [6.07, 6.45) is 0. The van der Waals surface area contributed by atoms with E-state index >= 15 is 0 Å². The zero-order valence-corrected chi connectivity index (χ0v) is 13.8. The summed E-state index contributed by atoms with van der Waals surface area (Å²) < 4.78 is 5.52. The minimum absolute atomic E-state index is 0.0253. The molecular formula is C15H25N3O2S. The van der Waals surface area contributed by atoms with E-state index in [0.29, 0.717) is 19.8 Å². The topological polar surface area (TPSA) is 67.6 Å². The second-order valence-corrected chi connectivity index (χ2v) is 6.66. The van der Waals surface area contributed by atoms with Crippen molar-refractivity contribution in [3.63, 3.8) is 0 Å². The molecule has 0 saturated carbocycles. The van der Waals surface area contributed by atoms with Crippen molar-refractivity contribution < 1.29 is 9.53 Å². The fraction of sp³-hybridized carbons (Fsp3) is 0.667. The van der Waals surface area contributed by atoms with Crippen LogP contribution >= 0.6 is 11.3 Å². The molecule has 0 radical (unpaired) electrons. The molecule has 118 valence electrons. The van der Waals surface area contributed by atoms with Crippen LogP contribution in [0, 0.1) is 6.92 Å². The fourth-order valence-electron chi connectivity index (χ4n) is 2.72. The molecule has 2 rings (SSSR count). The van der Waals surface area contributed by atoms with Gasteiger partial charge in [0.05, 0.1) is 19.3 Å². The summed E-state index contributed by atoms with van der Waals surface area (Å²) in [5.41, 5.74) is 7.26. The molecule has 1 aliphatic heterocycles. The molecule has 1 saturated heterocycles. The van der Waals surface area contributed by atoms with Crippen LogP contribution in [0.2, 0.25) is 0 Å². The molecule has 0 aliphatic carbocycles. The summed E-state index contributed by atoms with van der Waals surface area (Å²) in [6, 6.07) is 2.04. The number of carbonyl (C=O) groups is 1. The number of ether oxygens (including phenoxy) is 1. The Kier molecular flexibility index (Phi) is 5.75. The zero-order valence-electron chi connectivity index (χ0n) is 13.0. The average molecular weight is 311 g/mol. The number of nitrogens with two attached hydrogens (primary N) is 1. The molecular weight excluding hydrogens is 286 g/mol. The zero-order chi connectivity index (χ0) is 15.4. The van der Waals surface area contributed by atoms with E-state index in [4.69, 9.17) is 10.5 Å². The third-order valence-corrected chi connectivity index (χ3v) is 4.85. The van der Waals surface area contributed by atoms with E-state index in [1.807, 2.05) is 13.8 Å². The predicted molar refractivity (Wildman–Crippen MR) is 85.4 cm³/mol. The van der Waals surface area contributed by atoms with Crippen LogP contribution in [0.15, 0.2) is 11.4 Å². The van der Waals surface area contributed by atoms with Crippen molar-refractivity contribution in [1.29, 1.82) is 0 Å². The average Bonchev–Trinajstić information content (AvgIpc) is 2.86. The molecule has 1 aliphatic rings. The smallest absolute Gasteiger partial charge is 0.239 e. The second kappa shape index (κ2) is 7.35. The molecule has 2 heterocycles. The lowest BCUT2D eigenvalue weighted by atomic mass is 10.1. The number of hydrogen-bond acceptors (Lipinski definition) is 5. The van der Waals surface area contributed by atoms with Gasteiger partial charge in [-0.2, -0.15) is 0 Å². The third-order valence-electron chi connectivity index (χ3n) is 3.73. The van der Waals surface area contributed by atoms with Crippen molar-refractivity contribution in [3.8, 4) is 0 Å². The van der Waals surface area contributed by atoms with Crippen LogP contribution in [0.3, 0.4) is 0 Å². The maximum Gasteiger partial charge on any atom is 0.239 e. The lowest BCUT2D eigenvalue weighted by molar-refractivity contribution is -0.135. The van der Waals surface area contributed by atoms with Crippen LogP contribution in [0.25, 0.3) is 0 Å². The predicted octanol–water partition coefficient (Wildman–Crippen LogP) is 1.28. The molecule has 2 unspecified atom stereocenters. The Morgan fingerprint density at radius 1 is 1.62 bits per heavy atom. The van der Waals surface area contributed by atoms with Crippen LogP contribution < -0.4 is 11.1 Å². The normalized spacial score (nSPS) is 21.5. The van der Waals surface area contributed by atoms with E-state index < -0.39 is 0 Å². The number of rotatable bonds is 5. The molecule has 3 N–H and O–H groups in total. The molecule has 1 amide bonds. The maximum atomic E-state index is 12.4. The van der Waals surface area contributed by atoms with E-state index in [0.717, 1.165) is 6.54 Å². The summed E-state index contributed by atoms with van der Waals surface area (Å²) >= 11 is 1.71. The Morgan fingerprint density at radius 2 is 2.38 bits per heavy atom. The van der Waals surface area contributed by atoms with Crippen molar-refractivity contribution in [2.24, 2.45) is 5.73 Å². The number of carbonyl (C=O) groups excluding carboxylic acids is 1. The van der Waals surface area contributed by atoms with Gasteiger partial charge in [0.25, 0.3) is 0 Å². The minimum Gasteiger partial charge on any atom is -0.378 e. The van der Waals surface area contributed by atoms with Crippen molar-refractivity contribution in [1.82, 2.24) is 10.2 Å². The first kappa shape index (κ1) is 16.4. The van der Waals surface area contributed by atoms with Crippen molar-refractivity contribution in [2.45, 2.75) is 38.9 Å². The van der Waals surface area contributed by atoms with Gasteiger partial charge in [-0.3, -0.25) is 9.69 Å². The van der Waals surface area contributed by atoms with Gasteiger partial charge in [0.15, 0.2) is 0 Å². The quantitative estimate of drug-likeness (QED) is 0.860. The first-order chi connectivity index (χ1) is 10.0. The summed E-state index contributed by atoms with van der Waals surface area (Å²) in [4.78, 5) is 15.9. The Hall–Kier alpha value is -0.950. The van der Waals surface area contributed by atoms with Gasteiger partial charge in [-0.1, -0.05) is 0 Å². The van der Waals surface area contributed by atoms with Crippen molar-refractivity contribution in [3.05, 3.63) is 21.9 Å². The van der Waals surface area contributed by atoms with Gasteiger partial charge in [0, 0.05) is 24.0 Å². The number of aryl methyl sites for hydroxylation is 1. The molecule has 6 heteroatoms. The number of nitrogens with zero attached hydrogens (tertiary/aromatic N) is 1. The molecule has 0 bridgehead atoms. The van der Waals surface area contributed by atoms with E-state index in [9.17, 15) is 4.79 Å². The summed E-state index contributed by atoms with van der Waals surface area (Å²) in [7, 11) is 0. The van der Waals surface area contributed by atoms with Gasteiger partial charge in [-0.05, 0) is 37.8 Å². The Morgan fingerprint density at radius 3 is 2.95 bits per heavy atom. The van der Waals surface area contributed by atoms with Gasteiger partial charge >= 0.3 is 0 Å². The van der Waals surface area contributed by atoms with Crippen LogP contribution in [-0.2, 0) is 9.53 Å². The summed E-state index contributed by atoms with van der Waals surface area (Å²) in [5.74, 6) is 0.0253. The summed E-state index contributed by atoms with van der Waals surface area (Å²) in [6.45, 7) is 8.34. The van der Waals surface area contributed by atoms with E-state index in [1.54, 1.807) is 11.3 Å². The number of nitrogens with one attached hydrogen (secondary N) is 1. The molecule has 0 aromatic carbocycles. The Balaban J connectivity index is 2.20. The highest BCUT2D eigenvalue weighted by Gasteiger charge is 2.35. The van der Waals surface area contributed by atoms with Crippen LogP contribution in [-0.4, -0.2) is 49.2 Å². The van der Waals surface area contributed by atoms with E-state index in [1.165, 1.54) is 10.4 Å². The molecule has 1 aromatic rings. The SMILES string of the molecule is Cc1ccsc1C(CN)N1CCOCC1C(=O)NC(C)C. The van der Waals surface area contributed by atoms with Gasteiger partial charge < -0.3 is 15.8 Å². The summed E-state index contributed by atoms with van der Waals surface area (Å²) in [5, 5.41) is 5.06. The number of morpholine rings is 1. The molecule has 0 spiro atoms. The molecule has 1 aromatic heterocycles. The molecule has 1 fully saturated rings. The standard InChI is InChI=1S/C15H25N3O2S/c1-10(2)17-15(19)13-9-20-6-5-18(13)12(8-16)14-11(3)4-7-21-14/h4,7,10,12-13H,5-6,8-9,16H2,1-3H3,(H,17,19). The van der Waals surface area contributed by atoms with E-state index in [-0.39, 0.29) is 24.0 Å². The molecule has 21 heavy (non-hydrogen) atoms. The number of thiophene rings is 1. The van der Waals surface area contributed by atoms with E-state index in [2.05, 4.69) is 28.6 Å². The van der Waals surface area contributed by atoms with Gasteiger partial charge in [0.1, 0.15) is 6.04 Å². The maximum absolute atomic E-state index is 12.4. The Bertz CT molecular complexity index is 475. The first-order valence-electron chi connectivity index (χ1n) is 7.42. The first-order valence-corrected chi connectivity index (χ1v) is 8.30. The van der Waals surface area contributed by atoms with Gasteiger partial charge in [-0.15, -0.1) is 11.3 Å². The Labute approximate surface area is 130 Å². The van der Waals surface area contributed by atoms with Crippen LogP contribution in [0.5, 0.6) is 0 Å². The van der Waals surface area contributed by atoms with Crippen molar-refractivity contribution >= 4 is 17.2 Å². The second-order valence-electron chi connectivity index (χ2n) is 5.71. The number of amides is 1. The lowest BCUT2D eigenvalue weighted by Gasteiger charge is -2.39. The number of hydrogen-bond donors (Lipinski definition) is 2.